The molecule has 1 fully saturated rings. The Balaban J connectivity index is 1.44. The smallest absolute Gasteiger partial charge is 0.328 e. The van der Waals surface area contributed by atoms with Gasteiger partial charge in [0.05, 0.1) is 23.2 Å². The maximum Gasteiger partial charge on any atom is 0.328 e. The molecule has 2 aliphatic rings. The van der Waals surface area contributed by atoms with E-state index in [2.05, 4.69) is 28.5 Å². The first-order valence-corrected chi connectivity index (χ1v) is 13.3. The van der Waals surface area contributed by atoms with E-state index in [4.69, 9.17) is 24.9 Å². The molecule has 2 aliphatic heterocycles. The van der Waals surface area contributed by atoms with Crippen molar-refractivity contribution in [2.24, 2.45) is 5.73 Å². The largest absolute Gasteiger partial charge is 0.459 e. The van der Waals surface area contributed by atoms with Gasteiger partial charge in [-0.05, 0) is 69.9 Å². The van der Waals surface area contributed by atoms with Crippen LogP contribution in [-0.2, 0) is 31.0 Å². The predicted octanol–water partition coefficient (Wildman–Crippen LogP) is 3.98. The van der Waals surface area contributed by atoms with Crippen molar-refractivity contribution in [1.82, 2.24) is 9.55 Å². The third-order valence-electron chi connectivity index (χ3n) is 7.71. The van der Waals surface area contributed by atoms with Gasteiger partial charge in [-0.2, -0.15) is 0 Å². The number of nitrogens with two attached hydrogens (primary N) is 1. The van der Waals surface area contributed by atoms with Crippen molar-refractivity contribution in [2.75, 3.05) is 31.7 Å². The number of benzene rings is 1. The van der Waals surface area contributed by atoms with Crippen molar-refractivity contribution < 1.29 is 23.8 Å². The Kier molecular flexibility index (Phi) is 7.01. The van der Waals surface area contributed by atoms with Crippen LogP contribution in [-0.4, -0.2) is 53.9 Å². The summed E-state index contributed by atoms with van der Waals surface area (Å²) in [5.41, 5.74) is 10.8. The fourth-order valence-corrected chi connectivity index (χ4v) is 5.75. The molecule has 2 aromatic heterocycles. The number of aromatic nitrogens is 2. The zero-order valence-corrected chi connectivity index (χ0v) is 23.2. The lowest BCUT2D eigenvalue weighted by atomic mass is 9.72. The number of carbonyl (C=O) groups excluding carboxylic acids is 2. The number of hydrogen-bond acceptors (Lipinski definition) is 8. The molecule has 5 rings (SSSR count). The monoisotopic (exact) mass is 532 g/mol. The van der Waals surface area contributed by atoms with E-state index in [-0.39, 0.29) is 5.76 Å². The van der Waals surface area contributed by atoms with E-state index in [1.807, 2.05) is 39.1 Å². The molecule has 0 amide bonds. The highest BCUT2D eigenvalue weighted by Gasteiger charge is 2.49. The number of esters is 1. The second kappa shape index (κ2) is 10.2. The first-order valence-electron chi connectivity index (χ1n) is 13.3. The van der Waals surface area contributed by atoms with Crippen LogP contribution in [0.2, 0.25) is 0 Å². The van der Waals surface area contributed by atoms with Crippen LogP contribution in [0, 0.1) is 6.92 Å². The van der Waals surface area contributed by atoms with Crippen molar-refractivity contribution in [2.45, 2.75) is 64.1 Å². The van der Waals surface area contributed by atoms with Crippen molar-refractivity contribution in [1.29, 1.82) is 0 Å². The minimum Gasteiger partial charge on any atom is -0.459 e. The number of carbonyl (C=O) groups is 1. The summed E-state index contributed by atoms with van der Waals surface area (Å²) in [6.07, 6.45) is 5.28. The van der Waals surface area contributed by atoms with Gasteiger partial charge in [0.1, 0.15) is 22.9 Å². The number of pyridine rings is 1. The van der Waals surface area contributed by atoms with E-state index in [0.29, 0.717) is 43.9 Å². The Morgan fingerprint density at radius 3 is 2.67 bits per heavy atom. The van der Waals surface area contributed by atoms with Crippen LogP contribution < -0.4 is 15.4 Å². The number of piperidine rings is 1. The summed E-state index contributed by atoms with van der Waals surface area (Å²) in [4.78, 5) is 31.8. The lowest BCUT2D eigenvalue weighted by molar-refractivity contribution is -0.156. The average molecular weight is 533 g/mol. The fourth-order valence-electron chi connectivity index (χ4n) is 5.75. The van der Waals surface area contributed by atoms with Crippen molar-refractivity contribution in [3.8, 4) is 5.75 Å². The molecule has 1 atom stereocenters. The summed E-state index contributed by atoms with van der Waals surface area (Å²) < 4.78 is 19.0. The Bertz CT molecular complexity index is 1460. The third kappa shape index (κ3) is 4.82. The van der Waals surface area contributed by atoms with Crippen LogP contribution in [0.4, 0.5) is 5.69 Å². The molecule has 9 nitrogen and oxygen atoms in total. The summed E-state index contributed by atoms with van der Waals surface area (Å²) >= 11 is 0. The molecule has 0 aliphatic carbocycles. The molecule has 39 heavy (non-hydrogen) atoms. The summed E-state index contributed by atoms with van der Waals surface area (Å²) in [6, 6.07) is 6.51. The van der Waals surface area contributed by atoms with Crippen LogP contribution in [0.15, 0.2) is 42.4 Å². The molecule has 1 spiro atoms. The van der Waals surface area contributed by atoms with E-state index in [0.717, 1.165) is 34.4 Å². The Morgan fingerprint density at radius 2 is 2.00 bits per heavy atom. The number of aryl methyl sites for hydroxylation is 1. The van der Waals surface area contributed by atoms with Gasteiger partial charge in [0, 0.05) is 44.7 Å². The highest BCUT2D eigenvalue weighted by Crippen LogP contribution is 2.52. The number of hydrogen-bond donors (Lipinski definition) is 1. The maximum absolute atomic E-state index is 12.7. The van der Waals surface area contributed by atoms with E-state index < -0.39 is 23.0 Å². The molecule has 206 valence electrons. The van der Waals surface area contributed by atoms with Crippen molar-refractivity contribution in [3.63, 3.8) is 0 Å². The number of allylic oxidation sites excluding steroid dienone is 1. The normalized spacial score (nSPS) is 17.2. The van der Waals surface area contributed by atoms with Gasteiger partial charge in [-0.25, -0.2) is 9.59 Å². The Hall–Kier alpha value is -3.65. The lowest BCUT2D eigenvalue weighted by Gasteiger charge is -2.39. The number of methoxy groups -OCH3 is 1. The van der Waals surface area contributed by atoms with Gasteiger partial charge >= 0.3 is 5.97 Å². The Labute approximate surface area is 228 Å². The van der Waals surface area contributed by atoms with Gasteiger partial charge in [0.15, 0.2) is 11.7 Å². The van der Waals surface area contributed by atoms with E-state index in [1.165, 1.54) is 0 Å². The number of nitrogens with zero attached hydrogens (tertiary/aromatic N) is 3. The molecule has 3 aromatic rings. The second-order valence-corrected chi connectivity index (χ2v) is 11.4. The van der Waals surface area contributed by atoms with Gasteiger partial charge in [-0.1, -0.05) is 6.07 Å². The molecule has 0 saturated carbocycles. The molecule has 0 bridgehead atoms. The molecule has 2 N–H and O–H groups in total. The van der Waals surface area contributed by atoms with Crippen LogP contribution in [0.25, 0.3) is 11.0 Å². The van der Waals surface area contributed by atoms with Gasteiger partial charge in [-0.3, -0.25) is 4.98 Å². The van der Waals surface area contributed by atoms with E-state index in [9.17, 15) is 9.59 Å². The molecule has 4 heterocycles. The van der Waals surface area contributed by atoms with Crippen molar-refractivity contribution in [3.05, 3.63) is 59.1 Å². The zero-order chi connectivity index (χ0) is 27.9. The van der Waals surface area contributed by atoms with Crippen LogP contribution in [0.3, 0.4) is 0 Å². The molecule has 9 heteroatoms. The van der Waals surface area contributed by atoms with Gasteiger partial charge in [0.2, 0.25) is 0 Å². The van der Waals surface area contributed by atoms with E-state index in [1.54, 1.807) is 19.2 Å². The first-order chi connectivity index (χ1) is 18.6. The molecular weight excluding hydrogens is 496 g/mol. The molecule has 1 unspecified atom stereocenters. The van der Waals surface area contributed by atoms with E-state index >= 15 is 0 Å². The topological polar surface area (TPSA) is 109 Å². The van der Waals surface area contributed by atoms with Crippen LogP contribution in [0.1, 0.15) is 56.3 Å². The van der Waals surface area contributed by atoms with Gasteiger partial charge in [0.25, 0.3) is 0 Å². The first kappa shape index (κ1) is 26.9. The lowest BCUT2D eigenvalue weighted by Crippen LogP contribution is -2.43. The Morgan fingerprint density at radius 1 is 1.26 bits per heavy atom. The van der Waals surface area contributed by atoms with Gasteiger partial charge < -0.3 is 29.4 Å². The van der Waals surface area contributed by atoms with Gasteiger partial charge in [-0.15, -0.1) is 0 Å². The zero-order valence-electron chi connectivity index (χ0n) is 23.2. The minimum absolute atomic E-state index is 0.289. The number of fused-ring (bicyclic) bond motifs is 3. The van der Waals surface area contributed by atoms with Crippen LogP contribution >= 0.6 is 0 Å². The second-order valence-electron chi connectivity index (χ2n) is 11.4. The highest BCUT2D eigenvalue weighted by molar-refractivity contribution is 5.92. The van der Waals surface area contributed by atoms with Crippen LogP contribution in [0.5, 0.6) is 5.75 Å². The highest BCUT2D eigenvalue weighted by atomic mass is 16.6. The minimum atomic E-state index is -0.941. The van der Waals surface area contributed by atoms with Crippen molar-refractivity contribution >= 4 is 28.6 Å². The predicted molar refractivity (Wildman–Crippen MR) is 149 cm³/mol. The molecule has 1 saturated heterocycles. The number of rotatable bonds is 6. The third-order valence-corrected chi connectivity index (χ3v) is 7.71. The number of anilines is 1. The maximum atomic E-state index is 12.7. The molecule has 1 aromatic carbocycles. The molecule has 0 radical (unpaired) electrons. The summed E-state index contributed by atoms with van der Waals surface area (Å²) in [5, 5.41) is 0. The SMILES string of the molecule is COCCn1cc(N2CCC3(CC2)C(=C=O)Oc2ccc(C(N)C(=O)OC(C)(C)C)cc23)c2nccc(C)c21. The average Bonchev–Trinajstić information content (AvgIpc) is 3.42. The summed E-state index contributed by atoms with van der Waals surface area (Å²) in [7, 11) is 1.70. The summed E-state index contributed by atoms with van der Waals surface area (Å²) in [5.74, 6) is 2.46. The molecular formula is C30H36N4O5. The quantitative estimate of drug-likeness (QED) is 0.375. The standard InChI is InChI=1S/C30H36N4O5/c1-19-8-11-32-26-22(17-34(27(19)26)14-15-37-5)33-12-9-30(10-13-33)21-16-20(6-7-23(21)38-24(30)18-35)25(31)28(36)39-29(2,3)4/h6-8,11,16-17,25H,9-10,12-15,31H2,1-5H3. The summed E-state index contributed by atoms with van der Waals surface area (Å²) in [6.45, 7) is 10.2. The number of ether oxygens (including phenoxy) is 3. The fraction of sp³-hybridized carbons (Fsp3) is 0.467.